The Morgan fingerprint density at radius 3 is 2.33 bits per heavy atom. The minimum absolute atomic E-state index is 0.0346. The van der Waals surface area contributed by atoms with Crippen molar-refractivity contribution in [2.75, 3.05) is 7.11 Å². The minimum atomic E-state index is -3.41. The molecule has 0 unspecified atom stereocenters. The van der Waals surface area contributed by atoms with Gasteiger partial charge in [0.15, 0.2) is 0 Å². The fraction of sp³-hybridized carbons (Fsp3) is 0.444. The summed E-state index contributed by atoms with van der Waals surface area (Å²) in [5.41, 5.74) is 0.707. The number of benzene rings is 1. The monoisotopic (exact) mass is 411 g/mol. The summed E-state index contributed by atoms with van der Waals surface area (Å²) in [6.07, 6.45) is 5.92. The summed E-state index contributed by atoms with van der Waals surface area (Å²) in [6.45, 7) is 0. The standard InChI is InChI=1S/C18H22ClN3O4S/c1-25-17-18(21-11-10-20-17)26-16-8-6-15(7-9-16)22-27(23,24)12-13-2-4-14(19)5-3-13/h2-5,10-11,15-16,22H,6-9,12H2,1H3. The molecule has 7 nitrogen and oxygen atoms in total. The van der Waals surface area contributed by atoms with E-state index < -0.39 is 10.0 Å². The van der Waals surface area contributed by atoms with Crippen LogP contribution in [0.5, 0.6) is 11.8 Å². The van der Waals surface area contributed by atoms with E-state index in [4.69, 9.17) is 21.1 Å². The van der Waals surface area contributed by atoms with E-state index in [0.717, 1.165) is 12.8 Å². The lowest BCUT2D eigenvalue weighted by Gasteiger charge is -2.29. The number of nitrogens with one attached hydrogen (secondary N) is 1. The molecule has 0 radical (unpaired) electrons. The Morgan fingerprint density at radius 1 is 1.07 bits per heavy atom. The summed E-state index contributed by atoms with van der Waals surface area (Å²) < 4.78 is 38.6. The van der Waals surface area contributed by atoms with Crippen molar-refractivity contribution >= 4 is 21.6 Å². The predicted octanol–water partition coefficient (Wildman–Crippen LogP) is 2.95. The Hall–Kier alpha value is -1.90. The zero-order chi connectivity index (χ0) is 19.3. The Morgan fingerprint density at radius 2 is 1.70 bits per heavy atom. The first-order chi connectivity index (χ1) is 12.9. The fourth-order valence-electron chi connectivity index (χ4n) is 3.09. The first-order valence-electron chi connectivity index (χ1n) is 8.71. The number of aromatic nitrogens is 2. The summed E-state index contributed by atoms with van der Waals surface area (Å²) in [4.78, 5) is 8.21. The largest absolute Gasteiger partial charge is 0.477 e. The number of ether oxygens (including phenoxy) is 2. The molecule has 0 atom stereocenters. The van der Waals surface area contributed by atoms with Crippen LogP contribution in [0.3, 0.4) is 0 Å². The minimum Gasteiger partial charge on any atom is -0.477 e. The molecule has 0 amide bonds. The molecule has 1 heterocycles. The first kappa shape index (κ1) is 19.9. The molecule has 1 aromatic heterocycles. The quantitative estimate of drug-likeness (QED) is 0.753. The van der Waals surface area contributed by atoms with Gasteiger partial charge >= 0.3 is 0 Å². The number of halogens is 1. The van der Waals surface area contributed by atoms with Gasteiger partial charge in [-0.3, -0.25) is 0 Å². The number of methoxy groups -OCH3 is 1. The molecule has 0 bridgehead atoms. The number of sulfonamides is 1. The molecule has 1 saturated carbocycles. The zero-order valence-corrected chi connectivity index (χ0v) is 16.5. The highest BCUT2D eigenvalue weighted by Crippen LogP contribution is 2.27. The predicted molar refractivity (Wildman–Crippen MR) is 102 cm³/mol. The van der Waals surface area contributed by atoms with Crippen molar-refractivity contribution < 1.29 is 17.9 Å². The van der Waals surface area contributed by atoms with Crippen molar-refractivity contribution in [2.45, 2.75) is 43.6 Å². The van der Waals surface area contributed by atoms with Crippen molar-refractivity contribution in [1.29, 1.82) is 0 Å². The highest BCUT2D eigenvalue weighted by atomic mass is 35.5. The summed E-state index contributed by atoms with van der Waals surface area (Å²) in [6, 6.07) is 6.73. The molecule has 146 valence electrons. The molecular formula is C18H22ClN3O4S. The van der Waals surface area contributed by atoms with Gasteiger partial charge in [-0.1, -0.05) is 23.7 Å². The Balaban J connectivity index is 1.50. The van der Waals surface area contributed by atoms with Gasteiger partial charge in [-0.2, -0.15) is 0 Å². The summed E-state index contributed by atoms with van der Waals surface area (Å²) in [5, 5.41) is 0.585. The molecule has 1 aromatic carbocycles. The normalized spacial score (nSPS) is 20.2. The summed E-state index contributed by atoms with van der Waals surface area (Å²) >= 11 is 5.84. The third kappa shape index (κ3) is 5.79. The Bertz CT molecular complexity index is 853. The van der Waals surface area contributed by atoms with Gasteiger partial charge in [0.25, 0.3) is 11.8 Å². The van der Waals surface area contributed by atoms with Crippen molar-refractivity contribution in [2.24, 2.45) is 0 Å². The summed E-state index contributed by atoms with van der Waals surface area (Å²) in [7, 11) is -1.89. The van der Waals surface area contributed by atoms with Crippen molar-refractivity contribution in [3.63, 3.8) is 0 Å². The van der Waals surface area contributed by atoms with Gasteiger partial charge in [-0.05, 0) is 43.4 Å². The van der Waals surface area contributed by atoms with Crippen LogP contribution in [0.15, 0.2) is 36.7 Å². The number of hydrogen-bond donors (Lipinski definition) is 1. The van der Waals surface area contributed by atoms with Crippen LogP contribution >= 0.6 is 11.6 Å². The van der Waals surface area contributed by atoms with Crippen LogP contribution in [-0.2, 0) is 15.8 Å². The second-order valence-corrected chi connectivity index (χ2v) is 8.66. The van der Waals surface area contributed by atoms with Crippen molar-refractivity contribution in [3.05, 3.63) is 47.2 Å². The Labute approximate surface area is 164 Å². The molecule has 1 fully saturated rings. The van der Waals surface area contributed by atoms with E-state index in [1.165, 1.54) is 13.3 Å². The van der Waals surface area contributed by atoms with E-state index in [1.807, 2.05) is 0 Å². The van der Waals surface area contributed by atoms with E-state index in [9.17, 15) is 8.42 Å². The van der Waals surface area contributed by atoms with Gasteiger partial charge in [0.05, 0.1) is 12.9 Å². The number of nitrogens with zero attached hydrogens (tertiary/aromatic N) is 2. The topological polar surface area (TPSA) is 90.4 Å². The number of rotatable bonds is 7. The average molecular weight is 412 g/mol. The molecule has 2 aromatic rings. The van der Waals surface area contributed by atoms with Crippen LogP contribution in [0.2, 0.25) is 5.02 Å². The second kappa shape index (κ2) is 8.86. The van der Waals surface area contributed by atoms with E-state index in [2.05, 4.69) is 14.7 Å². The van der Waals surface area contributed by atoms with Gasteiger partial charge in [-0.15, -0.1) is 0 Å². The molecule has 1 aliphatic carbocycles. The maximum absolute atomic E-state index is 12.4. The molecular weight excluding hydrogens is 390 g/mol. The van der Waals surface area contributed by atoms with Crippen LogP contribution in [0.4, 0.5) is 0 Å². The van der Waals surface area contributed by atoms with Crippen molar-refractivity contribution in [3.8, 4) is 11.8 Å². The number of hydrogen-bond acceptors (Lipinski definition) is 6. The third-order valence-electron chi connectivity index (χ3n) is 4.40. The van der Waals surface area contributed by atoms with Gasteiger partial charge in [0.2, 0.25) is 10.0 Å². The van der Waals surface area contributed by atoms with E-state index in [-0.39, 0.29) is 17.9 Å². The maximum Gasteiger partial charge on any atom is 0.278 e. The van der Waals surface area contributed by atoms with Crippen LogP contribution in [0.25, 0.3) is 0 Å². The maximum atomic E-state index is 12.4. The molecule has 0 saturated heterocycles. The molecule has 27 heavy (non-hydrogen) atoms. The van der Waals surface area contributed by atoms with Gasteiger partial charge in [0.1, 0.15) is 6.10 Å². The average Bonchev–Trinajstić information content (AvgIpc) is 2.65. The second-order valence-electron chi connectivity index (χ2n) is 6.47. The molecule has 3 rings (SSSR count). The lowest BCUT2D eigenvalue weighted by atomic mass is 9.94. The molecule has 1 aliphatic rings. The molecule has 9 heteroatoms. The molecule has 0 aliphatic heterocycles. The van der Waals surface area contributed by atoms with Crippen LogP contribution in [0, 0.1) is 0 Å². The van der Waals surface area contributed by atoms with Crippen LogP contribution < -0.4 is 14.2 Å². The highest BCUT2D eigenvalue weighted by Gasteiger charge is 2.27. The van der Waals surface area contributed by atoms with Gasteiger partial charge in [0, 0.05) is 23.5 Å². The van der Waals surface area contributed by atoms with Crippen LogP contribution in [0.1, 0.15) is 31.2 Å². The molecule has 0 spiro atoms. The van der Waals surface area contributed by atoms with E-state index in [0.29, 0.717) is 35.2 Å². The van der Waals surface area contributed by atoms with E-state index >= 15 is 0 Å². The van der Waals surface area contributed by atoms with E-state index in [1.54, 1.807) is 30.5 Å². The first-order valence-corrected chi connectivity index (χ1v) is 10.7. The fourth-order valence-corrected chi connectivity index (χ4v) is 4.67. The molecule has 1 N–H and O–H groups in total. The van der Waals surface area contributed by atoms with Crippen LogP contribution in [-0.4, -0.2) is 37.6 Å². The van der Waals surface area contributed by atoms with Gasteiger partial charge in [-0.25, -0.2) is 23.1 Å². The zero-order valence-electron chi connectivity index (χ0n) is 15.0. The van der Waals surface area contributed by atoms with Crippen molar-refractivity contribution in [1.82, 2.24) is 14.7 Å². The van der Waals surface area contributed by atoms with Gasteiger partial charge < -0.3 is 9.47 Å². The summed E-state index contributed by atoms with van der Waals surface area (Å²) in [5.74, 6) is 0.660. The smallest absolute Gasteiger partial charge is 0.278 e. The lowest BCUT2D eigenvalue weighted by Crippen LogP contribution is -2.40. The Kier molecular flexibility index (Phi) is 6.51. The SMILES string of the molecule is COc1nccnc1OC1CCC(NS(=O)(=O)Cc2ccc(Cl)cc2)CC1. The highest BCUT2D eigenvalue weighted by molar-refractivity contribution is 7.88. The third-order valence-corrected chi connectivity index (χ3v) is 6.05. The lowest BCUT2D eigenvalue weighted by molar-refractivity contribution is 0.132.